The zero-order chi connectivity index (χ0) is 24.5. The summed E-state index contributed by atoms with van der Waals surface area (Å²) in [6, 6.07) is 10.2. The molecule has 4 heterocycles. The second-order valence-corrected chi connectivity index (χ2v) is 8.98. The number of carbonyl (C=O) groups excluding carboxylic acids is 2. The summed E-state index contributed by atoms with van der Waals surface area (Å²) >= 11 is 0. The number of hydrogen-bond acceptors (Lipinski definition) is 6. The first-order chi connectivity index (χ1) is 16.9. The van der Waals surface area contributed by atoms with Crippen LogP contribution in [0.2, 0.25) is 0 Å². The lowest BCUT2D eigenvalue weighted by atomic mass is 10.1. The molecule has 0 atom stereocenters. The normalized spacial score (nSPS) is 13.4. The van der Waals surface area contributed by atoms with Crippen LogP contribution in [-0.4, -0.2) is 32.5 Å². The Hall–Kier alpha value is -3.94. The number of benzene rings is 1. The van der Waals surface area contributed by atoms with E-state index >= 15 is 0 Å². The minimum Gasteiger partial charge on any atom is -0.467 e. The van der Waals surface area contributed by atoms with Gasteiger partial charge >= 0.3 is 5.97 Å². The van der Waals surface area contributed by atoms with E-state index < -0.39 is 5.97 Å². The summed E-state index contributed by atoms with van der Waals surface area (Å²) in [5.41, 5.74) is 2.88. The van der Waals surface area contributed by atoms with Gasteiger partial charge in [-0.1, -0.05) is 6.42 Å². The van der Waals surface area contributed by atoms with Crippen LogP contribution < -0.4 is 5.56 Å². The van der Waals surface area contributed by atoms with E-state index in [1.807, 2.05) is 30.5 Å². The molecule has 0 unspecified atom stereocenters. The van der Waals surface area contributed by atoms with Gasteiger partial charge in [0.2, 0.25) is 5.78 Å². The molecule has 35 heavy (non-hydrogen) atoms. The molecule has 0 N–H and O–H groups in total. The number of esters is 1. The highest BCUT2D eigenvalue weighted by Crippen LogP contribution is 2.20. The van der Waals surface area contributed by atoms with E-state index in [-0.39, 0.29) is 23.5 Å². The third-order valence-electron chi connectivity index (χ3n) is 6.65. The molecule has 5 rings (SSSR count). The lowest BCUT2D eigenvalue weighted by molar-refractivity contribution is 0.0474. The molecule has 4 aromatic rings. The number of ether oxygens (including phenoxy) is 1. The van der Waals surface area contributed by atoms with E-state index in [2.05, 4.69) is 4.98 Å². The number of aryl methyl sites for hydroxylation is 2. The highest BCUT2D eigenvalue weighted by molar-refractivity contribution is 6.01. The Morgan fingerprint density at radius 1 is 1.11 bits per heavy atom. The monoisotopic (exact) mass is 473 g/mol. The number of carbonyl (C=O) groups is 2. The van der Waals surface area contributed by atoms with Crippen LogP contribution in [0.25, 0.3) is 10.9 Å². The number of Topliss-reactive ketones (excluding diaryl/α,β-unsaturated/α-hetero) is 1. The Morgan fingerprint density at radius 3 is 2.77 bits per heavy atom. The molecule has 0 amide bonds. The van der Waals surface area contributed by atoms with Gasteiger partial charge in [0, 0.05) is 29.9 Å². The average Bonchev–Trinajstić information content (AvgIpc) is 3.38. The van der Waals surface area contributed by atoms with Gasteiger partial charge in [-0.25, -0.2) is 9.78 Å². The molecule has 0 fully saturated rings. The first-order valence-electron chi connectivity index (χ1n) is 11.9. The Morgan fingerprint density at radius 2 is 1.97 bits per heavy atom. The molecule has 8 nitrogen and oxygen atoms in total. The quantitative estimate of drug-likeness (QED) is 0.307. The van der Waals surface area contributed by atoms with Crippen LogP contribution in [-0.2, 0) is 24.2 Å². The molecule has 0 bridgehead atoms. The molecule has 1 aliphatic heterocycles. The summed E-state index contributed by atoms with van der Waals surface area (Å²) < 4.78 is 14.5. The van der Waals surface area contributed by atoms with Crippen LogP contribution in [0.5, 0.6) is 0 Å². The van der Waals surface area contributed by atoms with Gasteiger partial charge in [-0.15, -0.1) is 0 Å². The number of ketones is 1. The number of nitrogens with zero attached hydrogens (tertiary/aromatic N) is 3. The largest absolute Gasteiger partial charge is 0.467 e. The SMILES string of the molecule is Cc1cc(C(=O)COC(=O)c2ccc3c(=O)n4c(nc3c2)CCCCC4)c(C)n1Cc1ccco1. The van der Waals surface area contributed by atoms with Gasteiger partial charge in [-0.2, -0.15) is 0 Å². The highest BCUT2D eigenvalue weighted by atomic mass is 16.5. The van der Waals surface area contributed by atoms with E-state index in [1.54, 1.807) is 35.1 Å². The van der Waals surface area contributed by atoms with E-state index in [0.29, 0.717) is 29.6 Å². The van der Waals surface area contributed by atoms with Crippen LogP contribution in [0, 0.1) is 13.8 Å². The van der Waals surface area contributed by atoms with Crippen molar-refractivity contribution in [3.63, 3.8) is 0 Å². The summed E-state index contributed by atoms with van der Waals surface area (Å²) in [7, 11) is 0. The van der Waals surface area contributed by atoms with Gasteiger partial charge in [0.25, 0.3) is 5.56 Å². The molecule has 3 aromatic heterocycles. The zero-order valence-electron chi connectivity index (χ0n) is 19.9. The fourth-order valence-electron chi connectivity index (χ4n) is 4.72. The standard InChI is InChI=1S/C27H27N3O5/c1-17-13-22(18(2)30(17)15-20-7-6-12-34-20)24(31)16-35-27(33)19-9-10-21-23(14-19)28-25-8-4-3-5-11-29(25)26(21)32/h6-7,9-10,12-14H,3-5,8,11,15-16H2,1-2H3. The van der Waals surface area contributed by atoms with Crippen molar-refractivity contribution in [2.75, 3.05) is 6.61 Å². The van der Waals surface area contributed by atoms with Crippen LogP contribution in [0.4, 0.5) is 0 Å². The lowest BCUT2D eigenvalue weighted by Crippen LogP contribution is -2.24. The molecule has 0 radical (unpaired) electrons. The van der Waals surface area contributed by atoms with Crippen molar-refractivity contribution in [3.8, 4) is 0 Å². The van der Waals surface area contributed by atoms with Crippen molar-refractivity contribution < 1.29 is 18.7 Å². The van der Waals surface area contributed by atoms with Crippen LogP contribution in [0.1, 0.15) is 63.0 Å². The predicted octanol–water partition coefficient (Wildman–Crippen LogP) is 4.22. The van der Waals surface area contributed by atoms with E-state index in [1.165, 1.54) is 0 Å². The third kappa shape index (κ3) is 4.43. The smallest absolute Gasteiger partial charge is 0.338 e. The summed E-state index contributed by atoms with van der Waals surface area (Å²) in [5.74, 6) is 0.644. The van der Waals surface area contributed by atoms with Gasteiger partial charge in [-0.3, -0.25) is 14.2 Å². The topological polar surface area (TPSA) is 96.3 Å². The fourth-order valence-corrected chi connectivity index (χ4v) is 4.72. The molecular weight excluding hydrogens is 446 g/mol. The maximum atomic E-state index is 12.9. The van der Waals surface area contributed by atoms with Gasteiger partial charge in [0.1, 0.15) is 11.6 Å². The van der Waals surface area contributed by atoms with E-state index in [4.69, 9.17) is 9.15 Å². The van der Waals surface area contributed by atoms with Gasteiger partial charge in [0.15, 0.2) is 6.61 Å². The number of fused-ring (bicyclic) bond motifs is 2. The Kier molecular flexibility index (Phi) is 6.11. The van der Waals surface area contributed by atoms with Crippen molar-refractivity contribution in [2.24, 2.45) is 0 Å². The first kappa shape index (κ1) is 22.8. The third-order valence-corrected chi connectivity index (χ3v) is 6.65. The molecule has 1 aromatic carbocycles. The second-order valence-electron chi connectivity index (χ2n) is 8.98. The van der Waals surface area contributed by atoms with Crippen molar-refractivity contribution in [3.05, 3.63) is 87.1 Å². The number of rotatable bonds is 6. The molecule has 8 heteroatoms. The van der Waals surface area contributed by atoms with Crippen molar-refractivity contribution >= 4 is 22.7 Å². The summed E-state index contributed by atoms with van der Waals surface area (Å²) in [4.78, 5) is 43.1. The summed E-state index contributed by atoms with van der Waals surface area (Å²) in [5, 5.41) is 0.479. The number of furan rings is 1. The van der Waals surface area contributed by atoms with Crippen LogP contribution in [0.15, 0.2) is 51.9 Å². The molecule has 0 saturated heterocycles. The van der Waals surface area contributed by atoms with Crippen molar-refractivity contribution in [1.82, 2.24) is 14.1 Å². The minimum atomic E-state index is -0.624. The average molecular weight is 474 g/mol. The molecule has 0 spiro atoms. The van der Waals surface area contributed by atoms with Crippen LogP contribution >= 0.6 is 0 Å². The van der Waals surface area contributed by atoms with Crippen LogP contribution in [0.3, 0.4) is 0 Å². The molecule has 0 saturated carbocycles. The second kappa shape index (κ2) is 9.37. The summed E-state index contributed by atoms with van der Waals surface area (Å²) in [6.07, 6.45) is 5.38. The lowest BCUT2D eigenvalue weighted by Gasteiger charge is -2.11. The zero-order valence-corrected chi connectivity index (χ0v) is 19.9. The van der Waals surface area contributed by atoms with E-state index in [9.17, 15) is 14.4 Å². The molecule has 0 aliphatic carbocycles. The van der Waals surface area contributed by atoms with Gasteiger partial charge in [0.05, 0.1) is 29.3 Å². The minimum absolute atomic E-state index is 0.0769. The number of aromatic nitrogens is 3. The maximum Gasteiger partial charge on any atom is 0.338 e. The maximum absolute atomic E-state index is 12.9. The molecular formula is C27H27N3O5. The fraction of sp³-hybridized carbons (Fsp3) is 0.333. The Labute approximate surface area is 202 Å². The Balaban J connectivity index is 1.32. The highest BCUT2D eigenvalue weighted by Gasteiger charge is 2.20. The van der Waals surface area contributed by atoms with Crippen molar-refractivity contribution in [1.29, 1.82) is 0 Å². The van der Waals surface area contributed by atoms with Crippen molar-refractivity contribution in [2.45, 2.75) is 52.6 Å². The predicted molar refractivity (Wildman–Crippen MR) is 130 cm³/mol. The molecule has 1 aliphatic rings. The summed E-state index contributed by atoms with van der Waals surface area (Å²) in [6.45, 7) is 4.60. The molecule has 180 valence electrons. The van der Waals surface area contributed by atoms with Gasteiger partial charge < -0.3 is 13.7 Å². The number of hydrogen-bond donors (Lipinski definition) is 0. The van der Waals surface area contributed by atoms with Gasteiger partial charge in [-0.05, 0) is 63.1 Å². The first-order valence-corrected chi connectivity index (χ1v) is 11.9. The Bertz CT molecular complexity index is 1480. The van der Waals surface area contributed by atoms with E-state index in [0.717, 1.165) is 48.7 Å².